The van der Waals surface area contributed by atoms with E-state index in [2.05, 4.69) is 27.9 Å². The van der Waals surface area contributed by atoms with Gasteiger partial charge in [0, 0.05) is 31.5 Å². The standard InChI is InChI=1S/C17H15N4/c1-13(11-17-16(18-2)6-4-9-20-17)21-10-7-15-14(12-21)5-3-8-19-15/h3-12H,2H2,1H3/q+1/b13-11+. The zero-order valence-corrected chi connectivity index (χ0v) is 11.8. The minimum atomic E-state index is 0.778. The molecule has 0 radical (unpaired) electrons. The third kappa shape index (κ3) is 2.69. The Hall–Kier alpha value is -2.88. The number of nitrogens with zero attached hydrogens (tertiary/aromatic N) is 4. The van der Waals surface area contributed by atoms with Crippen molar-refractivity contribution in [2.24, 2.45) is 4.99 Å². The van der Waals surface area contributed by atoms with Gasteiger partial charge in [-0.1, -0.05) is 0 Å². The molecule has 0 bridgehead atoms. The third-order valence-electron chi connectivity index (χ3n) is 3.28. The molecule has 4 heteroatoms. The summed E-state index contributed by atoms with van der Waals surface area (Å²) < 4.78 is 2.05. The van der Waals surface area contributed by atoms with E-state index >= 15 is 0 Å². The zero-order chi connectivity index (χ0) is 14.7. The molecule has 0 aliphatic heterocycles. The molecule has 0 saturated heterocycles. The number of rotatable bonds is 3. The van der Waals surface area contributed by atoms with Crippen LogP contribution in [-0.4, -0.2) is 16.7 Å². The number of aliphatic imine (C=N–C) groups is 1. The Balaban J connectivity index is 2.05. The van der Waals surface area contributed by atoms with Crippen molar-refractivity contribution >= 4 is 35.1 Å². The molecule has 0 unspecified atom stereocenters. The molecule has 0 aliphatic carbocycles. The summed E-state index contributed by atoms with van der Waals surface area (Å²) in [5.74, 6) is 0. The first-order chi connectivity index (χ1) is 10.3. The van der Waals surface area contributed by atoms with Crippen molar-refractivity contribution in [3.05, 3.63) is 60.8 Å². The van der Waals surface area contributed by atoms with Gasteiger partial charge in [0.2, 0.25) is 0 Å². The van der Waals surface area contributed by atoms with Crippen molar-refractivity contribution in [2.75, 3.05) is 0 Å². The normalized spacial score (nSPS) is 11.6. The van der Waals surface area contributed by atoms with E-state index in [0.29, 0.717) is 0 Å². The molecule has 0 aromatic carbocycles. The largest absolute Gasteiger partial charge is 0.262 e. The molecule has 3 aromatic heterocycles. The lowest BCUT2D eigenvalue weighted by molar-refractivity contribution is -0.579. The molecule has 0 N–H and O–H groups in total. The smallest absolute Gasteiger partial charge is 0.186 e. The van der Waals surface area contributed by atoms with E-state index in [1.54, 1.807) is 12.4 Å². The van der Waals surface area contributed by atoms with Gasteiger partial charge in [0.15, 0.2) is 18.1 Å². The second-order valence-corrected chi connectivity index (χ2v) is 4.68. The summed E-state index contributed by atoms with van der Waals surface area (Å²) in [4.78, 5) is 12.7. The van der Waals surface area contributed by atoms with Crippen molar-refractivity contribution in [3.8, 4) is 0 Å². The summed E-state index contributed by atoms with van der Waals surface area (Å²) in [6.07, 6.45) is 9.59. The Morgan fingerprint density at radius 2 is 2.00 bits per heavy atom. The Labute approximate surface area is 123 Å². The molecule has 102 valence electrons. The van der Waals surface area contributed by atoms with Crippen molar-refractivity contribution in [2.45, 2.75) is 6.92 Å². The van der Waals surface area contributed by atoms with Crippen molar-refractivity contribution in [1.29, 1.82) is 0 Å². The lowest BCUT2D eigenvalue weighted by atomic mass is 10.2. The molecule has 3 aromatic rings. The Bertz CT molecular complexity index is 837. The lowest BCUT2D eigenvalue weighted by Crippen LogP contribution is -2.29. The second-order valence-electron chi connectivity index (χ2n) is 4.68. The van der Waals surface area contributed by atoms with Crippen LogP contribution in [0, 0.1) is 0 Å². The van der Waals surface area contributed by atoms with Gasteiger partial charge in [-0.25, -0.2) is 0 Å². The average Bonchev–Trinajstić information content (AvgIpc) is 2.55. The molecule has 0 aliphatic rings. The SMILES string of the molecule is C=Nc1cccnc1/C=C(\C)[n+]1ccc2ncccc2c1. The summed E-state index contributed by atoms with van der Waals surface area (Å²) in [7, 11) is 0. The first-order valence-electron chi connectivity index (χ1n) is 6.64. The monoisotopic (exact) mass is 275 g/mol. The van der Waals surface area contributed by atoms with E-state index in [4.69, 9.17) is 0 Å². The highest BCUT2D eigenvalue weighted by Gasteiger charge is 2.08. The van der Waals surface area contributed by atoms with Gasteiger partial charge in [-0.2, -0.15) is 4.57 Å². The fourth-order valence-corrected chi connectivity index (χ4v) is 2.17. The number of hydrogen-bond donors (Lipinski definition) is 0. The van der Waals surface area contributed by atoms with Gasteiger partial charge in [-0.15, -0.1) is 0 Å². The molecule has 21 heavy (non-hydrogen) atoms. The first kappa shape index (κ1) is 13.1. The molecular formula is C17H15N4+. The van der Waals surface area contributed by atoms with Crippen LogP contribution < -0.4 is 4.57 Å². The third-order valence-corrected chi connectivity index (χ3v) is 3.28. The lowest BCUT2D eigenvalue weighted by Gasteiger charge is -2.00. The molecular weight excluding hydrogens is 260 g/mol. The van der Waals surface area contributed by atoms with Gasteiger partial charge in [0.1, 0.15) is 0 Å². The van der Waals surface area contributed by atoms with Crippen LogP contribution in [-0.2, 0) is 0 Å². The van der Waals surface area contributed by atoms with Crippen LogP contribution in [0.1, 0.15) is 12.6 Å². The van der Waals surface area contributed by atoms with Gasteiger partial charge >= 0.3 is 0 Å². The van der Waals surface area contributed by atoms with Crippen LogP contribution >= 0.6 is 0 Å². The Kier molecular flexibility index (Phi) is 3.51. The van der Waals surface area contributed by atoms with Gasteiger partial charge in [0.05, 0.1) is 22.3 Å². The maximum atomic E-state index is 4.34. The van der Waals surface area contributed by atoms with Crippen molar-refractivity contribution in [3.63, 3.8) is 0 Å². The minimum absolute atomic E-state index is 0.778. The number of allylic oxidation sites excluding steroid dienone is 1. The summed E-state index contributed by atoms with van der Waals surface area (Å²) in [5, 5.41) is 1.09. The number of fused-ring (bicyclic) bond motifs is 1. The van der Waals surface area contributed by atoms with Gasteiger partial charge in [0.25, 0.3) is 0 Å². The fourth-order valence-electron chi connectivity index (χ4n) is 2.17. The van der Waals surface area contributed by atoms with Crippen LogP contribution in [0.3, 0.4) is 0 Å². The van der Waals surface area contributed by atoms with Crippen LogP contribution in [0.5, 0.6) is 0 Å². The molecule has 0 amide bonds. The van der Waals surface area contributed by atoms with Crippen molar-refractivity contribution < 1.29 is 4.57 Å². The zero-order valence-electron chi connectivity index (χ0n) is 11.8. The highest BCUT2D eigenvalue weighted by atomic mass is 14.9. The first-order valence-corrected chi connectivity index (χ1v) is 6.64. The summed E-state index contributed by atoms with van der Waals surface area (Å²) in [6, 6.07) is 9.73. The van der Waals surface area contributed by atoms with Gasteiger partial charge in [-0.05, 0) is 31.0 Å². The molecule has 3 rings (SSSR count). The van der Waals surface area contributed by atoms with E-state index in [0.717, 1.165) is 28.0 Å². The number of aromatic nitrogens is 3. The second kappa shape index (κ2) is 5.63. The van der Waals surface area contributed by atoms with Crippen molar-refractivity contribution in [1.82, 2.24) is 9.97 Å². The summed E-state index contributed by atoms with van der Waals surface area (Å²) >= 11 is 0. The summed E-state index contributed by atoms with van der Waals surface area (Å²) in [6.45, 7) is 5.61. The van der Waals surface area contributed by atoms with E-state index in [1.807, 2.05) is 54.1 Å². The predicted molar refractivity (Wildman–Crippen MR) is 85.2 cm³/mol. The van der Waals surface area contributed by atoms with Gasteiger partial charge < -0.3 is 0 Å². The van der Waals surface area contributed by atoms with Crippen LogP contribution in [0.25, 0.3) is 22.7 Å². The van der Waals surface area contributed by atoms with E-state index in [-0.39, 0.29) is 0 Å². The molecule has 4 nitrogen and oxygen atoms in total. The van der Waals surface area contributed by atoms with E-state index < -0.39 is 0 Å². The van der Waals surface area contributed by atoms with E-state index in [1.165, 1.54) is 0 Å². The minimum Gasteiger partial charge on any atom is -0.262 e. The topological polar surface area (TPSA) is 42.0 Å². The molecule has 0 fully saturated rings. The maximum absolute atomic E-state index is 4.34. The summed E-state index contributed by atoms with van der Waals surface area (Å²) in [5.41, 5.74) is 3.61. The van der Waals surface area contributed by atoms with E-state index in [9.17, 15) is 0 Å². The Morgan fingerprint density at radius 1 is 1.19 bits per heavy atom. The van der Waals surface area contributed by atoms with Gasteiger partial charge in [-0.3, -0.25) is 15.0 Å². The molecule has 0 saturated carbocycles. The highest BCUT2D eigenvalue weighted by molar-refractivity contribution is 5.76. The van der Waals surface area contributed by atoms with Crippen LogP contribution in [0.4, 0.5) is 5.69 Å². The predicted octanol–water partition coefficient (Wildman–Crippen LogP) is 3.27. The quantitative estimate of drug-likeness (QED) is 0.544. The molecule has 0 atom stereocenters. The fraction of sp³-hybridized carbons (Fsp3) is 0.0588. The maximum Gasteiger partial charge on any atom is 0.186 e. The molecule has 3 heterocycles. The van der Waals surface area contributed by atoms with Crippen LogP contribution in [0.2, 0.25) is 0 Å². The Morgan fingerprint density at radius 3 is 2.86 bits per heavy atom. The molecule has 0 spiro atoms. The average molecular weight is 275 g/mol. The highest BCUT2D eigenvalue weighted by Crippen LogP contribution is 2.18. The number of hydrogen-bond acceptors (Lipinski definition) is 3. The van der Waals surface area contributed by atoms with Crippen LogP contribution in [0.15, 0.2) is 60.1 Å². The number of pyridine rings is 3.